The summed E-state index contributed by atoms with van der Waals surface area (Å²) < 4.78 is 4.54. The average molecular weight is 260 g/mol. The normalized spacial score (nSPS) is 13.2. The molecule has 0 aromatic rings. The second-order valence-corrected chi connectivity index (χ2v) is 3.61. The molecule has 0 heterocycles. The summed E-state index contributed by atoms with van der Waals surface area (Å²) >= 11 is 0. The molecule has 0 aliphatic heterocycles. The molecule has 0 radical (unpaired) electrons. The van der Waals surface area contributed by atoms with Gasteiger partial charge >= 0.3 is 5.97 Å². The summed E-state index contributed by atoms with van der Waals surface area (Å²) in [5.41, 5.74) is 0. The van der Waals surface area contributed by atoms with E-state index in [1.807, 2.05) is 0 Å². The highest BCUT2D eigenvalue weighted by Crippen LogP contribution is 1.86. The molecule has 2 atom stereocenters. The summed E-state index contributed by atoms with van der Waals surface area (Å²) in [7, 11) is 0. The highest BCUT2D eigenvalue weighted by Gasteiger charge is 2.17. The van der Waals surface area contributed by atoms with Gasteiger partial charge in [-0.15, -0.1) is 0 Å². The number of nitrogens with one attached hydrogen (secondary N) is 2. The Labute approximate surface area is 104 Å². The Bertz CT molecular complexity index is 330. The second kappa shape index (κ2) is 8.18. The molecular formula is C10H16N2O6. The van der Waals surface area contributed by atoms with Gasteiger partial charge in [0.2, 0.25) is 11.8 Å². The first-order valence-electron chi connectivity index (χ1n) is 5.21. The number of amides is 2. The largest absolute Gasteiger partial charge is 0.480 e. The van der Waals surface area contributed by atoms with Crippen LogP contribution in [0, 0.1) is 0 Å². The van der Waals surface area contributed by atoms with Crippen molar-refractivity contribution in [1.29, 1.82) is 0 Å². The summed E-state index contributed by atoms with van der Waals surface area (Å²) in [6.45, 7) is 1.89. The molecule has 0 spiro atoms. The third-order valence-electron chi connectivity index (χ3n) is 1.80. The number of carbonyl (C=O) groups excluding carboxylic acids is 3. The smallest absolute Gasteiger partial charge is 0.329 e. The van der Waals surface area contributed by atoms with Crippen LogP contribution in [0.4, 0.5) is 0 Å². The molecule has 0 fully saturated rings. The quantitative estimate of drug-likeness (QED) is 0.447. The van der Waals surface area contributed by atoms with E-state index in [0.717, 1.165) is 0 Å². The van der Waals surface area contributed by atoms with Gasteiger partial charge in [0.25, 0.3) is 0 Å². The molecule has 0 rings (SSSR count). The molecule has 3 N–H and O–H groups in total. The molecule has 0 aliphatic carbocycles. The van der Waals surface area contributed by atoms with Crippen LogP contribution in [-0.4, -0.2) is 54.5 Å². The number of ether oxygens (including phenoxy) is 1. The number of rotatable bonds is 8. The van der Waals surface area contributed by atoms with E-state index in [1.54, 1.807) is 0 Å². The zero-order chi connectivity index (χ0) is 14.1. The zero-order valence-electron chi connectivity index (χ0n) is 10.1. The third-order valence-corrected chi connectivity index (χ3v) is 1.80. The van der Waals surface area contributed by atoms with E-state index >= 15 is 0 Å². The van der Waals surface area contributed by atoms with Crippen LogP contribution in [-0.2, 0) is 23.9 Å². The van der Waals surface area contributed by atoms with E-state index < -0.39 is 43.1 Å². The van der Waals surface area contributed by atoms with Crippen LogP contribution in [0.3, 0.4) is 0 Å². The maximum atomic E-state index is 11.4. The molecule has 0 saturated carbocycles. The standard InChI is InChI=1S/C10H16N2O6/c1-6(3-13)11-10(17)7(2)12-8(14)4-18-5-9(15)16/h3,6-7H,4-5H2,1-2H3,(H,11,17)(H,12,14)(H,15,16). The number of carbonyl (C=O) groups is 4. The summed E-state index contributed by atoms with van der Waals surface area (Å²) in [5.74, 6) is -2.31. The first-order valence-corrected chi connectivity index (χ1v) is 5.21. The Morgan fingerprint density at radius 3 is 2.33 bits per heavy atom. The Balaban J connectivity index is 3.95. The van der Waals surface area contributed by atoms with Gasteiger partial charge in [-0.1, -0.05) is 0 Å². The minimum absolute atomic E-state index is 0.451. The fourth-order valence-corrected chi connectivity index (χ4v) is 0.963. The lowest BCUT2D eigenvalue weighted by molar-refractivity contribution is -0.144. The molecule has 0 aromatic carbocycles. The van der Waals surface area contributed by atoms with Crippen molar-refractivity contribution in [2.75, 3.05) is 13.2 Å². The summed E-state index contributed by atoms with van der Waals surface area (Å²) in [6, 6.07) is -1.48. The molecule has 18 heavy (non-hydrogen) atoms. The molecule has 102 valence electrons. The molecule has 2 amide bonds. The van der Waals surface area contributed by atoms with Crippen molar-refractivity contribution in [3.63, 3.8) is 0 Å². The summed E-state index contributed by atoms with van der Waals surface area (Å²) in [6.07, 6.45) is 0.558. The third kappa shape index (κ3) is 7.34. The highest BCUT2D eigenvalue weighted by molar-refractivity contribution is 5.89. The summed E-state index contributed by atoms with van der Waals surface area (Å²) in [4.78, 5) is 43.1. The average Bonchev–Trinajstić information content (AvgIpc) is 2.27. The van der Waals surface area contributed by atoms with Gasteiger partial charge in [0, 0.05) is 0 Å². The van der Waals surface area contributed by atoms with Crippen LogP contribution in [0.1, 0.15) is 13.8 Å². The number of aldehydes is 1. The minimum atomic E-state index is -1.19. The van der Waals surface area contributed by atoms with Crippen molar-refractivity contribution in [3.8, 4) is 0 Å². The van der Waals surface area contributed by atoms with E-state index in [1.165, 1.54) is 13.8 Å². The van der Waals surface area contributed by atoms with Crippen molar-refractivity contribution >= 4 is 24.1 Å². The number of hydrogen-bond acceptors (Lipinski definition) is 5. The SMILES string of the molecule is CC(C=O)NC(=O)C(C)NC(=O)COCC(=O)O. The van der Waals surface area contributed by atoms with Crippen LogP contribution < -0.4 is 10.6 Å². The maximum Gasteiger partial charge on any atom is 0.329 e. The Kier molecular flexibility index (Phi) is 7.29. The van der Waals surface area contributed by atoms with Gasteiger partial charge in [-0.3, -0.25) is 9.59 Å². The van der Waals surface area contributed by atoms with Crippen molar-refractivity contribution < 1.29 is 29.0 Å². The maximum absolute atomic E-state index is 11.4. The van der Waals surface area contributed by atoms with Crippen molar-refractivity contribution in [3.05, 3.63) is 0 Å². The van der Waals surface area contributed by atoms with Crippen LogP contribution in [0.5, 0.6) is 0 Å². The van der Waals surface area contributed by atoms with Gasteiger partial charge in [-0.05, 0) is 13.8 Å². The fourth-order valence-electron chi connectivity index (χ4n) is 0.963. The molecule has 8 nitrogen and oxygen atoms in total. The summed E-state index contributed by atoms with van der Waals surface area (Å²) in [5, 5.41) is 12.9. The van der Waals surface area contributed by atoms with Crippen LogP contribution in [0.2, 0.25) is 0 Å². The first kappa shape index (κ1) is 16.0. The van der Waals surface area contributed by atoms with Gasteiger partial charge in [0.1, 0.15) is 25.5 Å². The van der Waals surface area contributed by atoms with E-state index in [2.05, 4.69) is 15.4 Å². The number of aliphatic carboxylic acids is 1. The zero-order valence-corrected chi connectivity index (χ0v) is 10.1. The Hall–Kier alpha value is -1.96. The topological polar surface area (TPSA) is 122 Å². The van der Waals surface area contributed by atoms with Crippen molar-refractivity contribution in [2.24, 2.45) is 0 Å². The Morgan fingerprint density at radius 1 is 1.22 bits per heavy atom. The number of carboxylic acids is 1. The molecular weight excluding hydrogens is 244 g/mol. The first-order chi connectivity index (χ1) is 8.36. The van der Waals surface area contributed by atoms with Crippen LogP contribution in [0.25, 0.3) is 0 Å². The fraction of sp³-hybridized carbons (Fsp3) is 0.600. The molecule has 8 heteroatoms. The number of hydrogen-bond donors (Lipinski definition) is 3. The van der Waals surface area contributed by atoms with Crippen LogP contribution >= 0.6 is 0 Å². The molecule has 0 saturated heterocycles. The molecule has 2 unspecified atom stereocenters. The van der Waals surface area contributed by atoms with Gasteiger partial charge in [-0.2, -0.15) is 0 Å². The van der Waals surface area contributed by atoms with Gasteiger partial charge < -0.3 is 25.3 Å². The molecule has 0 aliphatic rings. The van der Waals surface area contributed by atoms with Crippen molar-refractivity contribution in [2.45, 2.75) is 25.9 Å². The lowest BCUT2D eigenvalue weighted by Gasteiger charge is -2.15. The molecule has 0 bridgehead atoms. The van der Waals surface area contributed by atoms with Gasteiger partial charge in [-0.25, -0.2) is 4.79 Å². The van der Waals surface area contributed by atoms with E-state index in [-0.39, 0.29) is 0 Å². The monoisotopic (exact) mass is 260 g/mol. The highest BCUT2D eigenvalue weighted by atomic mass is 16.5. The Morgan fingerprint density at radius 2 is 1.83 bits per heavy atom. The minimum Gasteiger partial charge on any atom is -0.480 e. The lowest BCUT2D eigenvalue weighted by Crippen LogP contribution is -2.48. The van der Waals surface area contributed by atoms with E-state index in [4.69, 9.17) is 5.11 Å². The van der Waals surface area contributed by atoms with Gasteiger partial charge in [0.05, 0.1) is 6.04 Å². The van der Waals surface area contributed by atoms with E-state index in [9.17, 15) is 19.2 Å². The predicted octanol–water partition coefficient (Wildman–Crippen LogP) is -1.70. The van der Waals surface area contributed by atoms with Gasteiger partial charge in [0.15, 0.2) is 0 Å². The predicted molar refractivity (Wildman–Crippen MR) is 59.7 cm³/mol. The van der Waals surface area contributed by atoms with Crippen LogP contribution in [0.15, 0.2) is 0 Å². The van der Waals surface area contributed by atoms with E-state index in [0.29, 0.717) is 6.29 Å². The lowest BCUT2D eigenvalue weighted by atomic mass is 10.2. The van der Waals surface area contributed by atoms with Crippen molar-refractivity contribution in [1.82, 2.24) is 10.6 Å². The second-order valence-electron chi connectivity index (χ2n) is 3.61. The molecule has 0 aromatic heterocycles. The number of carboxylic acid groups (broad SMARTS) is 1.